The molecule has 4 heteroatoms. The van der Waals surface area contributed by atoms with Gasteiger partial charge in [0, 0.05) is 17.1 Å². The molecule has 20 heavy (non-hydrogen) atoms. The van der Waals surface area contributed by atoms with Crippen molar-refractivity contribution in [1.82, 2.24) is 4.90 Å². The first-order valence-corrected chi connectivity index (χ1v) is 8.60. The molecule has 1 aromatic carbocycles. The minimum Gasteiger partial charge on any atom is -0.335 e. The first-order valence-electron chi connectivity index (χ1n) is 7.43. The minimum atomic E-state index is 0.103. The molecule has 1 heterocycles. The molecular weight excluding hydrogens is 338 g/mol. The lowest BCUT2D eigenvalue weighted by atomic mass is 9.95. The Labute approximate surface area is 133 Å². The van der Waals surface area contributed by atoms with Crippen LogP contribution in [0.4, 0.5) is 0 Å². The predicted octanol–water partition coefficient (Wildman–Crippen LogP) is 4.90. The highest BCUT2D eigenvalue weighted by atomic mass is 79.9. The van der Waals surface area contributed by atoms with Gasteiger partial charge in [0.25, 0.3) is 5.91 Å². The van der Waals surface area contributed by atoms with Gasteiger partial charge in [0.15, 0.2) is 0 Å². The van der Waals surface area contributed by atoms with Crippen molar-refractivity contribution in [3.63, 3.8) is 0 Å². The maximum Gasteiger partial charge on any atom is 0.255 e. The summed E-state index contributed by atoms with van der Waals surface area (Å²) in [5.41, 5.74) is 0.630. The van der Waals surface area contributed by atoms with Crippen molar-refractivity contribution in [3.8, 4) is 0 Å². The normalized spacial score (nSPS) is 23.5. The highest BCUT2D eigenvalue weighted by Gasteiger charge is 2.36. The SMILES string of the molecule is O=C(c1cccc(Br)c1Cl)N1CCCC1C1CCCC1. The van der Waals surface area contributed by atoms with E-state index in [0.29, 0.717) is 22.5 Å². The van der Waals surface area contributed by atoms with E-state index in [1.165, 1.54) is 25.7 Å². The third-order valence-electron chi connectivity index (χ3n) is 4.69. The lowest BCUT2D eigenvalue weighted by Gasteiger charge is -2.29. The fraction of sp³-hybridized carbons (Fsp3) is 0.562. The first-order chi connectivity index (χ1) is 9.68. The first kappa shape index (κ1) is 14.4. The molecule has 1 saturated heterocycles. The van der Waals surface area contributed by atoms with Crippen LogP contribution in [0.2, 0.25) is 5.02 Å². The third kappa shape index (κ3) is 2.62. The molecule has 1 aliphatic heterocycles. The molecule has 1 amide bonds. The fourth-order valence-corrected chi connectivity index (χ4v) is 4.27. The largest absolute Gasteiger partial charge is 0.335 e. The number of amides is 1. The predicted molar refractivity (Wildman–Crippen MR) is 85.2 cm³/mol. The minimum absolute atomic E-state index is 0.103. The molecule has 108 valence electrons. The van der Waals surface area contributed by atoms with Gasteiger partial charge in [-0.15, -0.1) is 0 Å². The van der Waals surface area contributed by atoms with Gasteiger partial charge in [-0.2, -0.15) is 0 Å². The van der Waals surface area contributed by atoms with Crippen molar-refractivity contribution in [2.75, 3.05) is 6.54 Å². The molecule has 0 N–H and O–H groups in total. The van der Waals surface area contributed by atoms with E-state index >= 15 is 0 Å². The molecule has 0 bridgehead atoms. The Kier molecular flexibility index (Phi) is 4.37. The van der Waals surface area contributed by atoms with Crippen molar-refractivity contribution in [3.05, 3.63) is 33.3 Å². The van der Waals surface area contributed by atoms with E-state index in [2.05, 4.69) is 20.8 Å². The zero-order valence-electron chi connectivity index (χ0n) is 11.4. The van der Waals surface area contributed by atoms with E-state index in [4.69, 9.17) is 11.6 Å². The molecule has 1 aromatic rings. The van der Waals surface area contributed by atoms with E-state index in [-0.39, 0.29) is 5.91 Å². The smallest absolute Gasteiger partial charge is 0.255 e. The third-order valence-corrected chi connectivity index (χ3v) is 5.98. The number of rotatable bonds is 2. The Bertz CT molecular complexity index is 513. The van der Waals surface area contributed by atoms with Crippen molar-refractivity contribution in [1.29, 1.82) is 0 Å². The molecule has 1 unspecified atom stereocenters. The lowest BCUT2D eigenvalue weighted by Crippen LogP contribution is -2.39. The van der Waals surface area contributed by atoms with Crippen LogP contribution in [0.15, 0.2) is 22.7 Å². The van der Waals surface area contributed by atoms with Gasteiger partial charge in [-0.1, -0.05) is 30.5 Å². The fourth-order valence-electron chi connectivity index (χ4n) is 3.70. The second-order valence-corrected chi connectivity index (χ2v) is 7.09. The van der Waals surface area contributed by atoms with Gasteiger partial charge in [-0.3, -0.25) is 4.79 Å². The van der Waals surface area contributed by atoms with Crippen LogP contribution in [0.1, 0.15) is 48.9 Å². The standard InChI is InChI=1S/C16H19BrClNO/c17-13-8-3-7-12(15(13)18)16(20)19-10-4-9-14(19)11-5-1-2-6-11/h3,7-8,11,14H,1-2,4-6,9-10H2. The summed E-state index contributed by atoms with van der Waals surface area (Å²) < 4.78 is 0.793. The van der Waals surface area contributed by atoms with E-state index in [0.717, 1.165) is 23.9 Å². The van der Waals surface area contributed by atoms with Gasteiger partial charge in [0.1, 0.15) is 0 Å². The molecule has 1 aliphatic carbocycles. The van der Waals surface area contributed by atoms with E-state index in [1.54, 1.807) is 0 Å². The van der Waals surface area contributed by atoms with Crippen LogP contribution in [0.25, 0.3) is 0 Å². The van der Waals surface area contributed by atoms with E-state index < -0.39 is 0 Å². The van der Waals surface area contributed by atoms with Crippen LogP contribution in [-0.2, 0) is 0 Å². The van der Waals surface area contributed by atoms with Gasteiger partial charge in [-0.05, 0) is 59.7 Å². The highest BCUT2D eigenvalue weighted by Crippen LogP contribution is 2.37. The summed E-state index contributed by atoms with van der Waals surface area (Å²) in [7, 11) is 0. The van der Waals surface area contributed by atoms with Gasteiger partial charge in [-0.25, -0.2) is 0 Å². The molecule has 2 aliphatic rings. The molecule has 2 fully saturated rings. The summed E-state index contributed by atoms with van der Waals surface area (Å²) in [4.78, 5) is 14.9. The Balaban J connectivity index is 1.83. The average molecular weight is 357 g/mol. The average Bonchev–Trinajstić information content (AvgIpc) is 3.10. The number of carbonyl (C=O) groups excluding carboxylic acids is 1. The Morgan fingerprint density at radius 2 is 1.95 bits per heavy atom. The van der Waals surface area contributed by atoms with Crippen LogP contribution in [-0.4, -0.2) is 23.4 Å². The van der Waals surface area contributed by atoms with Gasteiger partial charge in [0.2, 0.25) is 0 Å². The van der Waals surface area contributed by atoms with Crippen LogP contribution >= 0.6 is 27.5 Å². The molecule has 0 aromatic heterocycles. The Morgan fingerprint density at radius 1 is 1.20 bits per heavy atom. The number of likely N-dealkylation sites (tertiary alicyclic amines) is 1. The van der Waals surface area contributed by atoms with Crippen molar-refractivity contribution in [2.45, 2.75) is 44.6 Å². The molecule has 3 rings (SSSR count). The summed E-state index contributed by atoms with van der Waals surface area (Å²) >= 11 is 9.68. The number of carbonyl (C=O) groups is 1. The zero-order valence-corrected chi connectivity index (χ0v) is 13.8. The molecule has 0 spiro atoms. The number of nitrogens with zero attached hydrogens (tertiary/aromatic N) is 1. The molecule has 2 nitrogen and oxygen atoms in total. The Hall–Kier alpha value is -0.540. The van der Waals surface area contributed by atoms with Crippen LogP contribution in [0.3, 0.4) is 0 Å². The van der Waals surface area contributed by atoms with Gasteiger partial charge < -0.3 is 4.90 Å². The molecule has 1 atom stereocenters. The number of hydrogen-bond acceptors (Lipinski definition) is 1. The maximum atomic E-state index is 12.8. The number of halogens is 2. The number of hydrogen-bond donors (Lipinski definition) is 0. The topological polar surface area (TPSA) is 20.3 Å². The Morgan fingerprint density at radius 3 is 2.70 bits per heavy atom. The van der Waals surface area contributed by atoms with E-state index in [1.807, 2.05) is 18.2 Å². The van der Waals surface area contributed by atoms with E-state index in [9.17, 15) is 4.79 Å². The second kappa shape index (κ2) is 6.07. The molecule has 0 radical (unpaired) electrons. The van der Waals surface area contributed by atoms with Crippen molar-refractivity contribution in [2.24, 2.45) is 5.92 Å². The van der Waals surface area contributed by atoms with Crippen molar-refractivity contribution >= 4 is 33.4 Å². The summed E-state index contributed by atoms with van der Waals surface area (Å²) in [5.74, 6) is 0.804. The van der Waals surface area contributed by atoms with Crippen LogP contribution in [0.5, 0.6) is 0 Å². The number of benzene rings is 1. The molecule has 1 saturated carbocycles. The summed E-state index contributed by atoms with van der Waals surface area (Å²) in [6.07, 6.45) is 7.48. The highest BCUT2D eigenvalue weighted by molar-refractivity contribution is 9.10. The summed E-state index contributed by atoms with van der Waals surface area (Å²) in [6, 6.07) is 6.01. The zero-order chi connectivity index (χ0) is 14.1. The second-order valence-electron chi connectivity index (χ2n) is 5.85. The quantitative estimate of drug-likeness (QED) is 0.738. The van der Waals surface area contributed by atoms with Gasteiger partial charge >= 0.3 is 0 Å². The van der Waals surface area contributed by atoms with Crippen LogP contribution in [0, 0.1) is 5.92 Å². The summed E-state index contributed by atoms with van der Waals surface area (Å²) in [6.45, 7) is 0.878. The van der Waals surface area contributed by atoms with Crippen LogP contribution < -0.4 is 0 Å². The molecular formula is C16H19BrClNO. The summed E-state index contributed by atoms with van der Waals surface area (Å²) in [5, 5.41) is 0.537. The maximum absolute atomic E-state index is 12.8. The van der Waals surface area contributed by atoms with Gasteiger partial charge in [0.05, 0.1) is 10.6 Å². The van der Waals surface area contributed by atoms with Crippen molar-refractivity contribution < 1.29 is 4.79 Å². The lowest BCUT2D eigenvalue weighted by molar-refractivity contribution is 0.0689. The monoisotopic (exact) mass is 355 g/mol.